The van der Waals surface area contributed by atoms with Crippen LogP contribution in [-0.4, -0.2) is 42.0 Å². The van der Waals surface area contributed by atoms with Gasteiger partial charge in [-0.3, -0.25) is 19.2 Å². The number of rotatable bonds is 6. The number of hydrogen-bond acceptors (Lipinski definition) is 5. The first-order valence-corrected chi connectivity index (χ1v) is 13.2. The Hall–Kier alpha value is -1.87. The summed E-state index contributed by atoms with van der Waals surface area (Å²) in [6.07, 6.45) is -9.62. The maximum atomic E-state index is 13.7. The molecule has 4 rings (SSSR count). The molecule has 0 N–H and O–H groups in total. The quantitative estimate of drug-likeness (QED) is 0.321. The van der Waals surface area contributed by atoms with Crippen molar-refractivity contribution in [1.29, 1.82) is 0 Å². The van der Waals surface area contributed by atoms with Crippen LogP contribution >= 0.6 is 0 Å². The second-order valence-corrected chi connectivity index (χ2v) is 12.3. The molecule has 4 fully saturated rings. The summed E-state index contributed by atoms with van der Waals surface area (Å²) in [6, 6.07) is 0. The lowest BCUT2D eigenvalue weighted by Crippen LogP contribution is -2.60. The molecule has 0 bridgehead atoms. The first-order chi connectivity index (χ1) is 17.1. The van der Waals surface area contributed by atoms with E-state index in [1.54, 1.807) is 0 Å². The molecular formula is C27H35F5O5. The monoisotopic (exact) mass is 534 g/mol. The third-order valence-electron chi connectivity index (χ3n) is 10.5. The van der Waals surface area contributed by atoms with E-state index in [1.807, 2.05) is 13.8 Å². The van der Waals surface area contributed by atoms with Crippen LogP contribution in [0.5, 0.6) is 0 Å². The highest BCUT2D eigenvalue weighted by atomic mass is 19.4. The molecule has 0 aliphatic heterocycles. The van der Waals surface area contributed by atoms with Crippen molar-refractivity contribution in [2.45, 2.75) is 97.3 Å². The average Bonchev–Trinajstić information content (AvgIpc) is 3.15. The molecule has 0 aromatic rings. The summed E-state index contributed by atoms with van der Waals surface area (Å²) >= 11 is 0. The molecule has 5 nitrogen and oxygen atoms in total. The Kier molecular flexibility index (Phi) is 7.38. The van der Waals surface area contributed by atoms with Crippen molar-refractivity contribution in [3.05, 3.63) is 0 Å². The van der Waals surface area contributed by atoms with Crippen LogP contribution in [-0.2, 0) is 23.9 Å². The van der Waals surface area contributed by atoms with Crippen LogP contribution in [0.25, 0.3) is 0 Å². The fourth-order valence-electron chi connectivity index (χ4n) is 8.40. The fourth-order valence-corrected chi connectivity index (χ4v) is 8.40. The molecule has 4 aliphatic rings. The second-order valence-electron chi connectivity index (χ2n) is 12.3. The average molecular weight is 535 g/mol. The van der Waals surface area contributed by atoms with Gasteiger partial charge in [-0.15, -0.1) is 0 Å². The van der Waals surface area contributed by atoms with E-state index >= 15 is 0 Å². The maximum absolute atomic E-state index is 13.7. The standard InChI is InChI=1S/C27H35F5O5/c1-13(4-7-21(36)37-23(24(28)29)27(30,31)32)16-5-6-17-22-18(12-20(35)26(16,17)3)25(2)9-8-15(33)10-14(25)11-19(22)34/h13-14,16-18,22-24H,4-12H2,1-3H3/t13?,14-,16+,17-,18-,22-,23?,25-,26+/m0/s1. The Morgan fingerprint density at radius 2 is 1.73 bits per heavy atom. The number of esters is 1. The molecule has 0 spiro atoms. The van der Waals surface area contributed by atoms with Gasteiger partial charge in [-0.1, -0.05) is 20.8 Å². The summed E-state index contributed by atoms with van der Waals surface area (Å²) in [5.74, 6) is -1.99. The Balaban J connectivity index is 1.47. The molecule has 0 heterocycles. The summed E-state index contributed by atoms with van der Waals surface area (Å²) in [6.45, 7) is 5.82. The van der Waals surface area contributed by atoms with E-state index in [0.717, 1.165) is 0 Å². The highest BCUT2D eigenvalue weighted by Crippen LogP contribution is 2.66. The van der Waals surface area contributed by atoms with Gasteiger partial charge in [0, 0.05) is 43.4 Å². The predicted molar refractivity (Wildman–Crippen MR) is 121 cm³/mol. The van der Waals surface area contributed by atoms with Crippen molar-refractivity contribution >= 4 is 23.3 Å². The number of carbonyl (C=O) groups excluding carboxylic acids is 4. The molecule has 37 heavy (non-hydrogen) atoms. The van der Waals surface area contributed by atoms with Gasteiger partial charge < -0.3 is 4.74 Å². The summed E-state index contributed by atoms with van der Waals surface area (Å²) in [5, 5.41) is 0. The Morgan fingerprint density at radius 1 is 1.05 bits per heavy atom. The van der Waals surface area contributed by atoms with Gasteiger partial charge in [-0.2, -0.15) is 13.2 Å². The van der Waals surface area contributed by atoms with Crippen molar-refractivity contribution in [1.82, 2.24) is 0 Å². The first kappa shape index (κ1) is 28.1. The van der Waals surface area contributed by atoms with Gasteiger partial charge in [-0.05, 0) is 60.7 Å². The van der Waals surface area contributed by atoms with Crippen LogP contribution in [0.4, 0.5) is 22.0 Å². The topological polar surface area (TPSA) is 77.5 Å². The summed E-state index contributed by atoms with van der Waals surface area (Å²) in [7, 11) is 0. The molecule has 208 valence electrons. The number of alkyl halides is 5. The van der Waals surface area contributed by atoms with Crippen molar-refractivity contribution in [3.63, 3.8) is 0 Å². The molecule has 0 aromatic heterocycles. The van der Waals surface area contributed by atoms with Crippen LogP contribution in [0.2, 0.25) is 0 Å². The van der Waals surface area contributed by atoms with Gasteiger partial charge in [0.1, 0.15) is 17.3 Å². The number of ketones is 3. The maximum Gasteiger partial charge on any atom is 0.431 e. The second kappa shape index (κ2) is 9.70. The molecule has 0 radical (unpaired) electrons. The third kappa shape index (κ3) is 4.75. The Morgan fingerprint density at radius 3 is 2.35 bits per heavy atom. The smallest absolute Gasteiger partial charge is 0.431 e. The molecule has 10 heteroatoms. The minimum Gasteiger partial charge on any atom is -0.446 e. The minimum atomic E-state index is -5.36. The highest BCUT2D eigenvalue weighted by molar-refractivity contribution is 5.93. The zero-order valence-corrected chi connectivity index (χ0v) is 21.4. The minimum absolute atomic E-state index is 0.0319. The molecule has 2 unspecified atom stereocenters. The zero-order chi connectivity index (χ0) is 27.5. The van der Waals surface area contributed by atoms with Crippen LogP contribution in [0, 0.1) is 46.3 Å². The Labute approximate surface area is 213 Å². The largest absolute Gasteiger partial charge is 0.446 e. The van der Waals surface area contributed by atoms with Gasteiger partial charge in [0.05, 0.1) is 0 Å². The Bertz CT molecular complexity index is 963. The van der Waals surface area contributed by atoms with E-state index in [-0.39, 0.29) is 71.1 Å². The van der Waals surface area contributed by atoms with Gasteiger partial charge in [-0.25, -0.2) is 8.78 Å². The number of halogens is 5. The molecule has 0 aromatic carbocycles. The first-order valence-electron chi connectivity index (χ1n) is 13.2. The fraction of sp³-hybridized carbons (Fsp3) is 0.852. The lowest BCUT2D eigenvalue weighted by Gasteiger charge is -2.58. The molecule has 9 atom stereocenters. The predicted octanol–water partition coefficient (Wildman–Crippen LogP) is 5.73. The number of ether oxygens (including phenoxy) is 1. The lowest BCUT2D eigenvalue weighted by atomic mass is 9.44. The third-order valence-corrected chi connectivity index (χ3v) is 10.5. The van der Waals surface area contributed by atoms with E-state index in [9.17, 15) is 41.1 Å². The normalized spacial score (nSPS) is 39.6. The summed E-state index contributed by atoms with van der Waals surface area (Å²) < 4.78 is 67.7. The van der Waals surface area contributed by atoms with Gasteiger partial charge in [0.25, 0.3) is 12.5 Å². The number of Topliss-reactive ketones (excluding diaryl/α,β-unsaturated/α-hetero) is 3. The van der Waals surface area contributed by atoms with Crippen molar-refractivity contribution in [2.75, 3.05) is 0 Å². The van der Waals surface area contributed by atoms with Crippen LogP contribution < -0.4 is 0 Å². The molecular weight excluding hydrogens is 499 g/mol. The van der Waals surface area contributed by atoms with E-state index in [2.05, 4.69) is 11.7 Å². The van der Waals surface area contributed by atoms with Gasteiger partial charge in [0.15, 0.2) is 0 Å². The molecule has 4 saturated carbocycles. The van der Waals surface area contributed by atoms with Gasteiger partial charge >= 0.3 is 12.1 Å². The molecule has 0 amide bonds. The van der Waals surface area contributed by atoms with Crippen molar-refractivity contribution in [2.24, 2.45) is 46.3 Å². The van der Waals surface area contributed by atoms with Crippen LogP contribution in [0.3, 0.4) is 0 Å². The SMILES string of the molecule is CC(CCC(=O)OC(C(F)F)C(F)(F)F)[C@H]1CC[C@H]2[C@@H]3C(=O)C[C@@H]4CC(=O)CC[C@]4(C)[C@H]3CC(=O)[C@]12C. The summed E-state index contributed by atoms with van der Waals surface area (Å²) in [4.78, 5) is 51.2. The number of fused-ring (bicyclic) bond motifs is 5. The summed E-state index contributed by atoms with van der Waals surface area (Å²) in [5.41, 5.74) is -1.04. The molecule has 0 saturated heterocycles. The van der Waals surface area contributed by atoms with Crippen LogP contribution in [0.1, 0.15) is 78.6 Å². The van der Waals surface area contributed by atoms with E-state index < -0.39 is 36.5 Å². The highest BCUT2D eigenvalue weighted by Gasteiger charge is 2.66. The molecule has 4 aliphatic carbocycles. The van der Waals surface area contributed by atoms with E-state index in [0.29, 0.717) is 38.5 Å². The van der Waals surface area contributed by atoms with E-state index in [1.165, 1.54) is 0 Å². The lowest BCUT2D eigenvalue weighted by molar-refractivity contribution is -0.249. The number of hydrogen-bond donors (Lipinski definition) is 0. The number of carbonyl (C=O) groups is 4. The van der Waals surface area contributed by atoms with E-state index in [4.69, 9.17) is 0 Å². The zero-order valence-electron chi connectivity index (χ0n) is 21.4. The van der Waals surface area contributed by atoms with Crippen LogP contribution in [0.15, 0.2) is 0 Å². The van der Waals surface area contributed by atoms with Crippen molar-refractivity contribution < 1.29 is 45.9 Å². The van der Waals surface area contributed by atoms with Crippen molar-refractivity contribution in [3.8, 4) is 0 Å². The van der Waals surface area contributed by atoms with Gasteiger partial charge in [0.2, 0.25) is 0 Å².